The second-order valence-electron chi connectivity index (χ2n) is 3.48. The van der Waals surface area contributed by atoms with E-state index in [1.54, 1.807) is 0 Å². The normalized spacial score (nSPS) is 17.8. The van der Waals surface area contributed by atoms with Gasteiger partial charge in [0.1, 0.15) is 0 Å². The lowest BCUT2D eigenvalue weighted by atomic mass is 9.93. The fourth-order valence-electron chi connectivity index (χ4n) is 1.67. The number of halogens is 1. The van der Waals surface area contributed by atoms with Gasteiger partial charge in [0.05, 0.1) is 11.5 Å². The lowest BCUT2D eigenvalue weighted by Gasteiger charge is -2.10. The van der Waals surface area contributed by atoms with Gasteiger partial charge >= 0.3 is 0 Å². The van der Waals surface area contributed by atoms with Crippen molar-refractivity contribution in [3.05, 3.63) is 35.4 Å². The topological polar surface area (TPSA) is 23.8 Å². The molecule has 1 fully saturated rings. The number of nitrogens with zero attached hydrogens (tertiary/aromatic N) is 1. The van der Waals surface area contributed by atoms with Gasteiger partial charge in [0.2, 0.25) is 0 Å². The molecule has 1 aromatic rings. The molecule has 0 amide bonds. The molecule has 2 rings (SSSR count). The average molecular weight is 236 g/mol. The van der Waals surface area contributed by atoms with Crippen LogP contribution in [0.4, 0.5) is 0 Å². The van der Waals surface area contributed by atoms with Crippen LogP contribution in [-0.2, 0) is 10.7 Å². The van der Waals surface area contributed by atoms with Crippen molar-refractivity contribution < 1.29 is 0 Å². The molecular formula is C11H10BrN. The van der Waals surface area contributed by atoms with E-state index in [0.29, 0.717) is 0 Å². The molecule has 0 heterocycles. The minimum Gasteiger partial charge on any atom is -0.197 e. The Labute approximate surface area is 86.5 Å². The van der Waals surface area contributed by atoms with E-state index in [0.717, 1.165) is 18.2 Å². The first kappa shape index (κ1) is 8.77. The number of rotatable bonds is 2. The molecule has 1 nitrogen and oxygen atoms in total. The van der Waals surface area contributed by atoms with Crippen LogP contribution in [-0.4, -0.2) is 0 Å². The van der Waals surface area contributed by atoms with Gasteiger partial charge < -0.3 is 0 Å². The lowest BCUT2D eigenvalue weighted by Crippen LogP contribution is -2.05. The second kappa shape index (κ2) is 3.16. The highest BCUT2D eigenvalue weighted by molar-refractivity contribution is 9.08. The van der Waals surface area contributed by atoms with Crippen molar-refractivity contribution in [2.24, 2.45) is 0 Å². The van der Waals surface area contributed by atoms with Crippen molar-refractivity contribution >= 4 is 15.9 Å². The molecule has 0 unspecified atom stereocenters. The lowest BCUT2D eigenvalue weighted by molar-refractivity contribution is 0.894. The van der Waals surface area contributed by atoms with E-state index >= 15 is 0 Å². The van der Waals surface area contributed by atoms with Crippen molar-refractivity contribution in [1.82, 2.24) is 0 Å². The fourth-order valence-corrected chi connectivity index (χ4v) is 2.16. The van der Waals surface area contributed by atoms with Gasteiger partial charge in [-0.3, -0.25) is 0 Å². The smallest absolute Gasteiger partial charge is 0.0826 e. The molecule has 0 spiro atoms. The summed E-state index contributed by atoms with van der Waals surface area (Å²) < 4.78 is 0. The summed E-state index contributed by atoms with van der Waals surface area (Å²) in [5.41, 5.74) is 2.32. The predicted molar refractivity (Wildman–Crippen MR) is 55.6 cm³/mol. The van der Waals surface area contributed by atoms with Crippen LogP contribution in [0.5, 0.6) is 0 Å². The molecule has 0 atom stereocenters. The summed E-state index contributed by atoms with van der Waals surface area (Å²) in [5, 5.41) is 9.90. The third kappa shape index (κ3) is 1.38. The van der Waals surface area contributed by atoms with Crippen LogP contribution in [0.25, 0.3) is 0 Å². The monoisotopic (exact) mass is 235 g/mol. The van der Waals surface area contributed by atoms with Gasteiger partial charge in [-0.1, -0.05) is 40.2 Å². The van der Waals surface area contributed by atoms with Crippen molar-refractivity contribution in [2.75, 3.05) is 0 Å². The summed E-state index contributed by atoms with van der Waals surface area (Å²) in [4.78, 5) is 0. The van der Waals surface area contributed by atoms with Gasteiger partial charge in [0, 0.05) is 5.33 Å². The van der Waals surface area contributed by atoms with E-state index in [4.69, 9.17) is 5.26 Å². The predicted octanol–water partition coefficient (Wildman–Crippen LogP) is 3.14. The highest BCUT2D eigenvalue weighted by Gasteiger charge is 2.45. The number of hydrogen-bond donors (Lipinski definition) is 0. The first-order valence-corrected chi connectivity index (χ1v) is 5.50. The highest BCUT2D eigenvalue weighted by Crippen LogP contribution is 2.48. The molecule has 1 saturated carbocycles. The van der Waals surface area contributed by atoms with E-state index in [2.05, 4.69) is 34.1 Å². The van der Waals surface area contributed by atoms with Crippen LogP contribution >= 0.6 is 15.9 Å². The molecule has 1 aliphatic rings. The van der Waals surface area contributed by atoms with Gasteiger partial charge in [-0.25, -0.2) is 0 Å². The Bertz CT molecular complexity index is 361. The van der Waals surface area contributed by atoms with Crippen LogP contribution in [0.2, 0.25) is 0 Å². The zero-order valence-corrected chi connectivity index (χ0v) is 8.84. The molecule has 0 radical (unpaired) electrons. The van der Waals surface area contributed by atoms with Crippen molar-refractivity contribution in [2.45, 2.75) is 23.6 Å². The van der Waals surface area contributed by atoms with E-state index in [1.807, 2.05) is 12.1 Å². The molecule has 66 valence electrons. The SMILES string of the molecule is N#CC1(c2ccccc2CBr)CC1. The molecule has 0 bridgehead atoms. The Kier molecular flexibility index (Phi) is 2.13. The van der Waals surface area contributed by atoms with Crippen molar-refractivity contribution in [1.29, 1.82) is 5.26 Å². The first-order chi connectivity index (χ1) is 6.32. The third-order valence-electron chi connectivity index (χ3n) is 2.64. The zero-order chi connectivity index (χ0) is 9.31. The number of nitriles is 1. The average Bonchev–Trinajstić information content (AvgIpc) is 2.98. The minimum atomic E-state index is -0.148. The Morgan fingerprint density at radius 2 is 2.08 bits per heavy atom. The van der Waals surface area contributed by atoms with E-state index in [1.165, 1.54) is 11.1 Å². The number of hydrogen-bond acceptors (Lipinski definition) is 1. The molecule has 2 heteroatoms. The second-order valence-corrected chi connectivity index (χ2v) is 4.05. The minimum absolute atomic E-state index is 0.148. The fraction of sp³-hybridized carbons (Fsp3) is 0.364. The molecule has 0 N–H and O–H groups in total. The van der Waals surface area contributed by atoms with Crippen LogP contribution in [0.15, 0.2) is 24.3 Å². The van der Waals surface area contributed by atoms with E-state index < -0.39 is 0 Å². The van der Waals surface area contributed by atoms with Crippen LogP contribution in [0.3, 0.4) is 0 Å². The first-order valence-electron chi connectivity index (χ1n) is 4.38. The molecule has 0 aromatic heterocycles. The maximum Gasteiger partial charge on any atom is 0.0826 e. The molecule has 1 aromatic carbocycles. The summed E-state index contributed by atoms with van der Waals surface area (Å²) in [6.45, 7) is 0. The van der Waals surface area contributed by atoms with Crippen molar-refractivity contribution in [3.63, 3.8) is 0 Å². The summed E-state index contributed by atoms with van der Waals surface area (Å²) in [6, 6.07) is 10.6. The maximum atomic E-state index is 9.06. The van der Waals surface area contributed by atoms with E-state index in [9.17, 15) is 0 Å². The summed E-state index contributed by atoms with van der Waals surface area (Å²) in [6.07, 6.45) is 2.04. The largest absolute Gasteiger partial charge is 0.197 e. The summed E-state index contributed by atoms with van der Waals surface area (Å²) in [7, 11) is 0. The quantitative estimate of drug-likeness (QED) is 0.723. The van der Waals surface area contributed by atoms with Crippen LogP contribution in [0.1, 0.15) is 24.0 Å². The van der Waals surface area contributed by atoms with Crippen LogP contribution < -0.4 is 0 Å². The Morgan fingerprint density at radius 1 is 1.38 bits per heavy atom. The molecule has 1 aliphatic carbocycles. The van der Waals surface area contributed by atoms with Gasteiger partial charge in [0.15, 0.2) is 0 Å². The maximum absolute atomic E-state index is 9.06. The summed E-state index contributed by atoms with van der Waals surface area (Å²) >= 11 is 3.45. The van der Waals surface area contributed by atoms with Gasteiger partial charge in [-0.05, 0) is 24.0 Å². The van der Waals surface area contributed by atoms with Gasteiger partial charge in [-0.2, -0.15) is 5.26 Å². The standard InChI is InChI=1S/C11H10BrN/c12-7-9-3-1-2-4-10(9)11(8-13)5-6-11/h1-4H,5-7H2. The Hall–Kier alpha value is -0.810. The Morgan fingerprint density at radius 3 is 2.62 bits per heavy atom. The number of alkyl halides is 1. The molecule has 0 saturated heterocycles. The van der Waals surface area contributed by atoms with E-state index in [-0.39, 0.29) is 5.41 Å². The van der Waals surface area contributed by atoms with Gasteiger partial charge in [-0.15, -0.1) is 0 Å². The molecule has 0 aliphatic heterocycles. The molecular weight excluding hydrogens is 226 g/mol. The molecule has 13 heavy (non-hydrogen) atoms. The number of benzene rings is 1. The van der Waals surface area contributed by atoms with Gasteiger partial charge in [0.25, 0.3) is 0 Å². The Balaban J connectivity index is 2.46. The van der Waals surface area contributed by atoms with Crippen molar-refractivity contribution in [3.8, 4) is 6.07 Å². The summed E-state index contributed by atoms with van der Waals surface area (Å²) in [5.74, 6) is 0. The zero-order valence-electron chi connectivity index (χ0n) is 7.26. The third-order valence-corrected chi connectivity index (χ3v) is 3.25. The van der Waals surface area contributed by atoms with Crippen LogP contribution in [0, 0.1) is 11.3 Å². The highest BCUT2D eigenvalue weighted by atomic mass is 79.9.